The number of nitrogens with zero attached hydrogens (tertiary/aromatic N) is 3. The molecule has 0 radical (unpaired) electrons. The Hall–Kier alpha value is -1.33. The van der Waals surface area contributed by atoms with Crippen LogP contribution >= 0.6 is 0 Å². The SMILES string of the molecule is CC1CN=C(N)N1[N+](=O)[O-]. The van der Waals surface area contributed by atoms with E-state index in [9.17, 15) is 10.1 Å². The van der Waals surface area contributed by atoms with Gasteiger partial charge in [-0.05, 0) is 6.92 Å². The highest BCUT2D eigenvalue weighted by molar-refractivity contribution is 5.78. The van der Waals surface area contributed by atoms with Crippen molar-refractivity contribution < 1.29 is 5.03 Å². The number of hydrazine groups is 1. The third-order valence-electron chi connectivity index (χ3n) is 1.35. The van der Waals surface area contributed by atoms with E-state index in [4.69, 9.17) is 5.73 Å². The van der Waals surface area contributed by atoms with Crippen molar-refractivity contribution in [2.24, 2.45) is 10.7 Å². The lowest BCUT2D eigenvalue weighted by Crippen LogP contribution is -2.43. The Morgan fingerprint density at radius 1 is 2.00 bits per heavy atom. The van der Waals surface area contributed by atoms with Gasteiger partial charge >= 0.3 is 0 Å². The van der Waals surface area contributed by atoms with Crippen molar-refractivity contribution in [1.82, 2.24) is 5.01 Å². The molecule has 1 aliphatic rings. The second-order valence-electron chi connectivity index (χ2n) is 2.13. The largest absolute Gasteiger partial charge is 0.365 e. The van der Waals surface area contributed by atoms with E-state index in [2.05, 4.69) is 4.99 Å². The zero-order valence-electron chi connectivity index (χ0n) is 5.52. The van der Waals surface area contributed by atoms with E-state index in [-0.39, 0.29) is 12.0 Å². The van der Waals surface area contributed by atoms with Gasteiger partial charge in [0.05, 0.1) is 6.54 Å². The smallest absolute Gasteiger partial charge is 0.255 e. The lowest BCUT2D eigenvalue weighted by atomic mass is 10.4. The number of rotatable bonds is 1. The molecule has 2 N–H and O–H groups in total. The van der Waals surface area contributed by atoms with Gasteiger partial charge in [0.25, 0.3) is 5.96 Å². The summed E-state index contributed by atoms with van der Waals surface area (Å²) in [5, 5.41) is 10.5. The summed E-state index contributed by atoms with van der Waals surface area (Å²) in [4.78, 5) is 13.9. The molecule has 0 aromatic rings. The Morgan fingerprint density at radius 2 is 2.60 bits per heavy atom. The minimum Gasteiger partial charge on any atom is -0.365 e. The van der Waals surface area contributed by atoms with E-state index in [0.29, 0.717) is 6.54 Å². The highest BCUT2D eigenvalue weighted by atomic mass is 16.7. The molecule has 0 aromatic heterocycles. The van der Waals surface area contributed by atoms with Gasteiger partial charge in [-0.2, -0.15) is 0 Å². The molecule has 0 spiro atoms. The van der Waals surface area contributed by atoms with Gasteiger partial charge in [-0.3, -0.25) is 0 Å². The van der Waals surface area contributed by atoms with Crippen LogP contribution in [-0.2, 0) is 0 Å². The molecule has 1 heterocycles. The highest BCUT2D eigenvalue weighted by Crippen LogP contribution is 2.05. The first-order valence-electron chi connectivity index (χ1n) is 2.86. The molecule has 6 nitrogen and oxygen atoms in total. The molecule has 0 amide bonds. The van der Waals surface area contributed by atoms with Gasteiger partial charge in [0, 0.05) is 0 Å². The van der Waals surface area contributed by atoms with Gasteiger partial charge in [-0.1, -0.05) is 5.01 Å². The summed E-state index contributed by atoms with van der Waals surface area (Å²) in [6.45, 7) is 2.11. The van der Waals surface area contributed by atoms with Crippen LogP contribution < -0.4 is 5.73 Å². The van der Waals surface area contributed by atoms with Gasteiger partial charge in [-0.25, -0.2) is 15.1 Å². The Balaban J connectivity index is 2.74. The Bertz CT molecular complexity index is 190. The van der Waals surface area contributed by atoms with Gasteiger partial charge < -0.3 is 5.73 Å². The average Bonchev–Trinajstić information content (AvgIpc) is 2.11. The number of nitro groups is 1. The average molecular weight is 144 g/mol. The normalized spacial score (nSPS) is 24.7. The van der Waals surface area contributed by atoms with Crippen LogP contribution in [-0.4, -0.2) is 28.6 Å². The van der Waals surface area contributed by atoms with Crippen molar-refractivity contribution >= 4 is 5.96 Å². The summed E-state index contributed by atoms with van der Waals surface area (Å²) in [6.07, 6.45) is 0. The standard InChI is InChI=1S/C4H8N4O2/c1-3-2-6-4(5)7(3)8(9)10/h3H,2H2,1H3,(H2,5,6). The lowest BCUT2D eigenvalue weighted by molar-refractivity contribution is -0.634. The van der Waals surface area contributed by atoms with Crippen LogP contribution in [0.2, 0.25) is 0 Å². The fourth-order valence-electron chi connectivity index (χ4n) is 0.846. The van der Waals surface area contributed by atoms with Crippen molar-refractivity contribution in [2.75, 3.05) is 6.54 Å². The molecule has 0 aromatic carbocycles. The van der Waals surface area contributed by atoms with E-state index in [1.54, 1.807) is 6.92 Å². The minimum atomic E-state index is -0.545. The van der Waals surface area contributed by atoms with Crippen LogP contribution in [0.4, 0.5) is 0 Å². The minimum absolute atomic E-state index is 0.00231. The molecule has 10 heavy (non-hydrogen) atoms. The first kappa shape index (κ1) is 6.79. The Morgan fingerprint density at radius 3 is 2.80 bits per heavy atom. The molecule has 0 fully saturated rings. The molecule has 1 unspecified atom stereocenters. The fraction of sp³-hybridized carbons (Fsp3) is 0.750. The van der Waals surface area contributed by atoms with Crippen molar-refractivity contribution in [3.8, 4) is 0 Å². The molecule has 0 saturated heterocycles. The van der Waals surface area contributed by atoms with E-state index < -0.39 is 5.03 Å². The van der Waals surface area contributed by atoms with Crippen molar-refractivity contribution in [1.29, 1.82) is 0 Å². The van der Waals surface area contributed by atoms with E-state index in [0.717, 1.165) is 5.01 Å². The molecule has 0 aliphatic carbocycles. The van der Waals surface area contributed by atoms with Crippen molar-refractivity contribution in [3.05, 3.63) is 10.1 Å². The first-order chi connectivity index (χ1) is 4.63. The van der Waals surface area contributed by atoms with Crippen LogP contribution in [0.1, 0.15) is 6.92 Å². The number of aliphatic imine (C=N–C) groups is 1. The van der Waals surface area contributed by atoms with E-state index in [1.165, 1.54) is 0 Å². The molecule has 0 bridgehead atoms. The molecule has 1 atom stereocenters. The maximum atomic E-state index is 10.2. The molecule has 0 saturated carbocycles. The predicted octanol–water partition coefficient (Wildman–Crippen LogP) is -0.803. The molecule has 1 aliphatic heterocycles. The van der Waals surface area contributed by atoms with E-state index >= 15 is 0 Å². The van der Waals surface area contributed by atoms with Crippen LogP contribution in [0.25, 0.3) is 0 Å². The maximum absolute atomic E-state index is 10.2. The molecule has 56 valence electrons. The quantitative estimate of drug-likeness (QED) is 0.385. The summed E-state index contributed by atoms with van der Waals surface area (Å²) >= 11 is 0. The summed E-state index contributed by atoms with van der Waals surface area (Å²) in [6, 6.07) is -0.213. The lowest BCUT2D eigenvalue weighted by Gasteiger charge is -2.10. The van der Waals surface area contributed by atoms with Gasteiger partial charge in [0.2, 0.25) is 0 Å². The Kier molecular flexibility index (Phi) is 1.44. The van der Waals surface area contributed by atoms with Crippen LogP contribution in [0.5, 0.6) is 0 Å². The zero-order valence-corrected chi connectivity index (χ0v) is 5.52. The summed E-state index contributed by atoms with van der Waals surface area (Å²) in [5.41, 5.74) is 5.20. The van der Waals surface area contributed by atoms with Gasteiger partial charge in [0.1, 0.15) is 6.04 Å². The zero-order chi connectivity index (χ0) is 7.72. The van der Waals surface area contributed by atoms with E-state index in [1.807, 2.05) is 0 Å². The second-order valence-corrected chi connectivity index (χ2v) is 2.13. The molecular weight excluding hydrogens is 136 g/mol. The molecule has 1 rings (SSSR count). The fourth-order valence-corrected chi connectivity index (χ4v) is 0.846. The number of nitrogens with two attached hydrogens (primary N) is 1. The topological polar surface area (TPSA) is 84.8 Å². The van der Waals surface area contributed by atoms with Gasteiger partial charge in [-0.15, -0.1) is 0 Å². The maximum Gasteiger partial charge on any atom is 0.255 e. The third-order valence-corrected chi connectivity index (χ3v) is 1.35. The highest BCUT2D eigenvalue weighted by Gasteiger charge is 2.31. The van der Waals surface area contributed by atoms with Crippen molar-refractivity contribution in [2.45, 2.75) is 13.0 Å². The third kappa shape index (κ3) is 0.873. The van der Waals surface area contributed by atoms with Crippen LogP contribution in [0.15, 0.2) is 4.99 Å². The number of hydrogen-bond donors (Lipinski definition) is 1. The summed E-state index contributed by atoms with van der Waals surface area (Å²) in [7, 11) is 0. The monoisotopic (exact) mass is 144 g/mol. The molecule has 6 heteroatoms. The van der Waals surface area contributed by atoms with Crippen LogP contribution in [0, 0.1) is 10.1 Å². The van der Waals surface area contributed by atoms with Crippen LogP contribution in [0.3, 0.4) is 0 Å². The molecular formula is C4H8N4O2. The summed E-state index contributed by atoms with van der Waals surface area (Å²) in [5.74, 6) is -0.00231. The second kappa shape index (κ2) is 2.13. The Labute approximate surface area is 57.4 Å². The van der Waals surface area contributed by atoms with Gasteiger partial charge in [0.15, 0.2) is 5.03 Å². The van der Waals surface area contributed by atoms with Crippen molar-refractivity contribution in [3.63, 3.8) is 0 Å². The number of guanidine groups is 1. The number of hydrogen-bond acceptors (Lipinski definition) is 4. The predicted molar refractivity (Wildman–Crippen MR) is 34.8 cm³/mol. The summed E-state index contributed by atoms with van der Waals surface area (Å²) < 4.78 is 0. The first-order valence-corrected chi connectivity index (χ1v) is 2.86.